The van der Waals surface area contributed by atoms with Gasteiger partial charge < -0.3 is 4.74 Å². The molecule has 0 aromatic heterocycles. The van der Waals surface area contributed by atoms with Gasteiger partial charge in [-0.2, -0.15) is 15.3 Å². The van der Waals surface area contributed by atoms with Crippen molar-refractivity contribution >= 4 is 22.9 Å². The van der Waals surface area contributed by atoms with Gasteiger partial charge in [0.1, 0.15) is 11.4 Å². The molecular formula is C45H56N4O3. The molecule has 0 radical (unpaired) electrons. The summed E-state index contributed by atoms with van der Waals surface area (Å²) in [6.45, 7) is 29.1. The first kappa shape index (κ1) is 40.0. The van der Waals surface area contributed by atoms with Gasteiger partial charge in [0.25, 0.3) is 0 Å². The summed E-state index contributed by atoms with van der Waals surface area (Å²) in [5, 5.41) is 17.9. The van der Waals surface area contributed by atoms with E-state index in [1.165, 1.54) is 0 Å². The lowest BCUT2D eigenvalue weighted by Crippen LogP contribution is -2.27. The van der Waals surface area contributed by atoms with Gasteiger partial charge in [0.15, 0.2) is 11.6 Å². The maximum Gasteiger partial charge on any atom is 0.186 e. The van der Waals surface area contributed by atoms with Gasteiger partial charge in [-0.15, -0.1) is 5.11 Å². The van der Waals surface area contributed by atoms with Gasteiger partial charge in [-0.3, -0.25) is 9.59 Å². The average molecular weight is 701 g/mol. The first-order chi connectivity index (χ1) is 24.0. The zero-order valence-corrected chi connectivity index (χ0v) is 33.6. The highest BCUT2D eigenvalue weighted by Gasteiger charge is 2.35. The Kier molecular flexibility index (Phi) is 11.6. The molecule has 4 rings (SSSR count). The van der Waals surface area contributed by atoms with Crippen LogP contribution >= 0.6 is 0 Å². The van der Waals surface area contributed by atoms with Crippen LogP contribution in [0.5, 0.6) is 5.75 Å². The number of carbonyl (C=O) groups excluding carboxylic acids is 2. The van der Waals surface area contributed by atoms with E-state index in [9.17, 15) is 9.59 Å². The Bertz CT molecular complexity index is 1930. The molecule has 7 heteroatoms. The minimum absolute atomic E-state index is 0.0874. The Morgan fingerprint density at radius 1 is 0.558 bits per heavy atom. The van der Waals surface area contributed by atoms with Crippen LogP contribution in [0.25, 0.3) is 11.1 Å². The second-order valence-electron chi connectivity index (χ2n) is 17.7. The molecule has 2 aliphatic rings. The smallest absolute Gasteiger partial charge is 0.186 e. The molecule has 0 unspecified atom stereocenters. The fourth-order valence-electron chi connectivity index (χ4n) is 5.99. The first-order valence-electron chi connectivity index (χ1n) is 18.1. The second-order valence-corrected chi connectivity index (χ2v) is 17.7. The minimum atomic E-state index is -0.299. The van der Waals surface area contributed by atoms with Gasteiger partial charge in [0.05, 0.1) is 24.7 Å². The molecule has 0 N–H and O–H groups in total. The van der Waals surface area contributed by atoms with Crippen LogP contribution in [0.3, 0.4) is 0 Å². The minimum Gasteiger partial charge on any atom is -0.492 e. The van der Waals surface area contributed by atoms with Gasteiger partial charge >= 0.3 is 0 Å². The van der Waals surface area contributed by atoms with E-state index in [1.807, 2.05) is 68.5 Å². The van der Waals surface area contributed by atoms with Crippen LogP contribution in [0.4, 0.5) is 11.4 Å². The first-order valence-corrected chi connectivity index (χ1v) is 18.1. The van der Waals surface area contributed by atoms with E-state index in [2.05, 4.69) is 110 Å². The highest BCUT2D eigenvalue weighted by atomic mass is 16.5. The highest BCUT2D eigenvalue weighted by molar-refractivity contribution is 6.12. The molecule has 0 fully saturated rings. The molecule has 2 aromatic rings. The van der Waals surface area contributed by atoms with E-state index in [0.717, 1.165) is 55.8 Å². The summed E-state index contributed by atoms with van der Waals surface area (Å²) in [7, 11) is 0. The van der Waals surface area contributed by atoms with Crippen molar-refractivity contribution in [1.29, 1.82) is 0 Å². The molecule has 274 valence electrons. The Balaban J connectivity index is 1.60. The largest absolute Gasteiger partial charge is 0.492 e. The standard InChI is InChI=1S/C45H56N4O3/c1-15-52-39-25-32(17-19-38(39)49-47-27-30-23-35(44(9,10)11)41(51)36(24-30)45(12,13)14)31-16-18-37(28(2)20-31)48-46-26-29-21-33(42(3,4)5)40(50)34(22-29)43(6,7)8/h16-27H,15H2,1-14H3/b48-46+,49-47+. The lowest BCUT2D eigenvalue weighted by atomic mass is 9.72. The Morgan fingerprint density at radius 3 is 1.29 bits per heavy atom. The predicted molar refractivity (Wildman–Crippen MR) is 213 cm³/mol. The van der Waals surface area contributed by atoms with Gasteiger partial charge in [-0.25, -0.2) is 0 Å². The van der Waals surface area contributed by atoms with Gasteiger partial charge in [0.2, 0.25) is 0 Å². The number of benzene rings is 2. The molecular weight excluding hydrogens is 645 g/mol. The number of hydrogen-bond donors (Lipinski definition) is 0. The van der Waals surface area contributed by atoms with E-state index in [1.54, 1.807) is 12.4 Å². The Hall–Kier alpha value is -4.78. The van der Waals surface area contributed by atoms with Gasteiger partial charge in [-0.05, 0) is 112 Å². The number of carbonyl (C=O) groups is 2. The molecule has 0 saturated heterocycles. The van der Waals surface area contributed by atoms with Crippen LogP contribution in [0.2, 0.25) is 0 Å². The number of nitrogens with zero attached hydrogens (tertiary/aromatic N) is 4. The summed E-state index contributed by atoms with van der Waals surface area (Å²) in [6.07, 6.45) is 11.1. The number of aryl methyl sites for hydroxylation is 1. The number of ether oxygens (including phenoxy) is 1. The third-order valence-corrected chi connectivity index (χ3v) is 8.99. The quantitative estimate of drug-likeness (QED) is 0.269. The fraction of sp³-hybridized carbons (Fsp3) is 0.422. The summed E-state index contributed by atoms with van der Waals surface area (Å²) in [4.78, 5) is 26.6. The average Bonchev–Trinajstić information content (AvgIpc) is 3.01. The number of azo groups is 2. The Labute approximate surface area is 311 Å². The summed E-state index contributed by atoms with van der Waals surface area (Å²) in [6, 6.07) is 11.9. The maximum atomic E-state index is 13.3. The summed E-state index contributed by atoms with van der Waals surface area (Å²) < 4.78 is 5.99. The topological polar surface area (TPSA) is 92.8 Å². The van der Waals surface area contributed by atoms with Crippen LogP contribution in [0, 0.1) is 28.6 Å². The van der Waals surface area contributed by atoms with Crippen LogP contribution < -0.4 is 4.74 Å². The van der Waals surface area contributed by atoms with Crippen molar-refractivity contribution < 1.29 is 14.3 Å². The molecule has 0 aliphatic heterocycles. The number of ketones is 2. The van der Waals surface area contributed by atoms with E-state index in [0.29, 0.717) is 18.0 Å². The van der Waals surface area contributed by atoms with Crippen LogP contribution in [0.1, 0.15) is 95.6 Å². The van der Waals surface area contributed by atoms with Crippen molar-refractivity contribution in [2.75, 3.05) is 6.61 Å². The molecule has 0 amide bonds. The molecule has 0 bridgehead atoms. The van der Waals surface area contributed by atoms with Crippen LogP contribution in [-0.4, -0.2) is 18.2 Å². The number of hydrogen-bond acceptors (Lipinski definition) is 7. The fourth-order valence-corrected chi connectivity index (χ4v) is 5.99. The summed E-state index contributed by atoms with van der Waals surface area (Å²) >= 11 is 0. The van der Waals surface area contributed by atoms with Crippen LogP contribution in [0.15, 0.2) is 127 Å². The van der Waals surface area contributed by atoms with E-state index in [-0.39, 0.29) is 33.2 Å². The molecule has 0 atom stereocenters. The molecule has 52 heavy (non-hydrogen) atoms. The lowest BCUT2D eigenvalue weighted by molar-refractivity contribution is -0.114. The molecule has 0 heterocycles. The third kappa shape index (κ3) is 9.55. The van der Waals surface area contributed by atoms with E-state index < -0.39 is 0 Å². The number of allylic oxidation sites excluding steroid dienone is 10. The summed E-state index contributed by atoms with van der Waals surface area (Å²) in [5.74, 6) is 0.811. The molecule has 2 aliphatic carbocycles. The molecule has 0 spiro atoms. The highest BCUT2D eigenvalue weighted by Crippen LogP contribution is 2.41. The molecule has 7 nitrogen and oxygen atoms in total. The van der Waals surface area contributed by atoms with E-state index in [4.69, 9.17) is 4.74 Å². The SMILES string of the molecule is CCOc1cc(-c2ccc(/N=N/C=C3C=C(C(C)(C)C)C(=O)C(C(C)(C)C)=C3)c(C)c2)ccc1/N=N/C=C1C=C(C(C)(C)C)C(=O)C(C(C)(C)C)=C1. The van der Waals surface area contributed by atoms with Crippen molar-refractivity contribution in [1.82, 2.24) is 0 Å². The second kappa shape index (κ2) is 15.1. The maximum absolute atomic E-state index is 13.3. The van der Waals surface area contributed by atoms with Crippen molar-refractivity contribution in [2.45, 2.75) is 96.9 Å². The predicted octanol–water partition coefficient (Wildman–Crippen LogP) is 13.1. The van der Waals surface area contributed by atoms with Crippen molar-refractivity contribution in [3.05, 3.63) is 112 Å². The van der Waals surface area contributed by atoms with Gasteiger partial charge in [0, 0.05) is 22.3 Å². The normalized spacial score (nSPS) is 16.3. The van der Waals surface area contributed by atoms with E-state index >= 15 is 0 Å². The van der Waals surface area contributed by atoms with Crippen molar-refractivity contribution in [2.24, 2.45) is 42.1 Å². The zero-order chi connectivity index (χ0) is 38.8. The lowest BCUT2D eigenvalue weighted by Gasteiger charge is -2.31. The molecule has 0 saturated carbocycles. The monoisotopic (exact) mass is 700 g/mol. The molecule has 2 aromatic carbocycles. The zero-order valence-electron chi connectivity index (χ0n) is 33.6. The third-order valence-electron chi connectivity index (χ3n) is 8.99. The van der Waals surface area contributed by atoms with Crippen molar-refractivity contribution in [3.8, 4) is 16.9 Å². The summed E-state index contributed by atoms with van der Waals surface area (Å²) in [5.41, 5.74) is 7.93. The number of rotatable bonds is 7. The Morgan fingerprint density at radius 2 is 0.923 bits per heavy atom. The van der Waals surface area contributed by atoms with Crippen LogP contribution in [-0.2, 0) is 9.59 Å². The van der Waals surface area contributed by atoms with Crippen molar-refractivity contribution in [3.63, 3.8) is 0 Å². The van der Waals surface area contributed by atoms with Gasteiger partial charge in [-0.1, -0.05) is 95.2 Å². The number of Topliss-reactive ketones (excluding diaryl/α,β-unsaturated/α-hetero) is 2.